The Balaban J connectivity index is 0.000000254. The number of hydrogen-bond donors (Lipinski definition) is 0. The Morgan fingerprint density at radius 3 is 2.35 bits per heavy atom. The Morgan fingerprint density at radius 2 is 1.81 bits per heavy atom. The summed E-state index contributed by atoms with van der Waals surface area (Å²) in [6.07, 6.45) is 3.33. The van der Waals surface area contributed by atoms with Crippen molar-refractivity contribution in [2.24, 2.45) is 0 Å². The monoisotopic (exact) mass is 348 g/mol. The Hall–Kier alpha value is -3.39. The molecule has 2 aromatic carbocycles. The topological polar surface area (TPSA) is 70.4 Å². The fourth-order valence-corrected chi connectivity index (χ4v) is 2.40. The maximum Gasteiger partial charge on any atom is 0.417 e. The predicted molar refractivity (Wildman–Crippen MR) is 98.0 cm³/mol. The van der Waals surface area contributed by atoms with Crippen LogP contribution >= 0.6 is 0 Å². The molecule has 1 aliphatic rings. The first-order valence-corrected chi connectivity index (χ1v) is 8.34. The van der Waals surface area contributed by atoms with Gasteiger partial charge in [0.25, 0.3) is 5.91 Å². The van der Waals surface area contributed by atoms with Crippen molar-refractivity contribution in [2.75, 3.05) is 6.61 Å². The van der Waals surface area contributed by atoms with Crippen molar-refractivity contribution in [1.29, 1.82) is 5.26 Å². The lowest BCUT2D eigenvalue weighted by Gasteiger charge is -2.18. The Morgan fingerprint density at radius 1 is 1.19 bits per heavy atom. The minimum absolute atomic E-state index is 0.217. The van der Waals surface area contributed by atoms with Crippen LogP contribution in [0.5, 0.6) is 0 Å². The molecule has 2 aromatic rings. The van der Waals surface area contributed by atoms with E-state index in [4.69, 9.17) is 10.00 Å². The van der Waals surface area contributed by atoms with Crippen LogP contribution in [0, 0.1) is 11.3 Å². The minimum atomic E-state index is -0.574. The summed E-state index contributed by atoms with van der Waals surface area (Å²) in [5.41, 5.74) is 1.62. The molecule has 0 bridgehead atoms. The Kier molecular flexibility index (Phi) is 7.14. The first-order valence-electron chi connectivity index (χ1n) is 8.34. The number of ether oxygens (including phenoxy) is 1. The van der Waals surface area contributed by atoms with E-state index in [0.717, 1.165) is 12.0 Å². The van der Waals surface area contributed by atoms with Crippen molar-refractivity contribution in [3.05, 3.63) is 83.9 Å². The van der Waals surface area contributed by atoms with Crippen LogP contribution in [0.3, 0.4) is 0 Å². The second kappa shape index (κ2) is 9.80. The van der Waals surface area contributed by atoms with E-state index in [1.807, 2.05) is 61.5 Å². The molecule has 1 atom stereocenters. The molecule has 1 saturated heterocycles. The van der Waals surface area contributed by atoms with Crippen molar-refractivity contribution in [1.82, 2.24) is 4.90 Å². The van der Waals surface area contributed by atoms with E-state index in [1.54, 1.807) is 18.2 Å². The van der Waals surface area contributed by atoms with Crippen LogP contribution in [0.15, 0.2) is 72.8 Å². The molecular weight excluding hydrogens is 328 g/mol. The van der Waals surface area contributed by atoms with E-state index in [9.17, 15) is 9.59 Å². The molecule has 5 nitrogen and oxygen atoms in total. The van der Waals surface area contributed by atoms with Crippen LogP contribution in [0.25, 0.3) is 0 Å². The molecule has 0 spiro atoms. The number of carbonyl (C=O) groups is 2. The summed E-state index contributed by atoms with van der Waals surface area (Å²) >= 11 is 0. The van der Waals surface area contributed by atoms with Crippen LogP contribution in [0.4, 0.5) is 4.79 Å². The number of benzene rings is 2. The molecule has 26 heavy (non-hydrogen) atoms. The van der Waals surface area contributed by atoms with Crippen molar-refractivity contribution >= 4 is 12.0 Å². The number of hydrogen-bond acceptors (Lipinski definition) is 4. The zero-order valence-electron chi connectivity index (χ0n) is 14.5. The molecule has 0 aromatic heterocycles. The van der Waals surface area contributed by atoms with Gasteiger partial charge in [-0.25, -0.2) is 9.69 Å². The predicted octanol–water partition coefficient (Wildman–Crippen LogP) is 4.23. The third-order valence-corrected chi connectivity index (χ3v) is 3.69. The number of rotatable bonds is 3. The molecule has 0 aliphatic carbocycles. The smallest absolute Gasteiger partial charge is 0.417 e. The van der Waals surface area contributed by atoms with Crippen LogP contribution < -0.4 is 0 Å². The lowest BCUT2D eigenvalue weighted by molar-refractivity contribution is -0.124. The van der Waals surface area contributed by atoms with E-state index in [-0.39, 0.29) is 18.6 Å². The van der Waals surface area contributed by atoms with E-state index in [0.29, 0.717) is 5.56 Å². The van der Waals surface area contributed by atoms with Gasteiger partial charge in [-0.1, -0.05) is 61.5 Å². The standard InChI is InChI=1S/C14H15NO3.C7H5N/c1-2-3-9-13(16)15-12(10-18-14(15)17)11-7-5-4-6-8-11;8-6-7-4-2-1-3-5-7/h3-9,12H,2,10H2,1H3;1-5H/b9-3+;/t12-;/m1./s1. The van der Waals surface area contributed by atoms with E-state index in [2.05, 4.69) is 0 Å². The zero-order chi connectivity index (χ0) is 18.8. The second-order valence-electron chi connectivity index (χ2n) is 5.50. The first-order chi connectivity index (χ1) is 12.7. The number of carbonyl (C=O) groups excluding carboxylic acids is 2. The molecule has 0 radical (unpaired) electrons. The van der Waals surface area contributed by atoms with Crippen LogP contribution in [0.2, 0.25) is 0 Å². The minimum Gasteiger partial charge on any atom is -0.446 e. The maximum absolute atomic E-state index is 11.9. The van der Waals surface area contributed by atoms with Gasteiger partial charge in [0.2, 0.25) is 0 Å². The van der Waals surface area contributed by atoms with Gasteiger partial charge in [0.05, 0.1) is 11.6 Å². The van der Waals surface area contributed by atoms with E-state index in [1.165, 1.54) is 11.0 Å². The van der Waals surface area contributed by atoms with Gasteiger partial charge < -0.3 is 4.74 Å². The molecule has 1 fully saturated rings. The van der Waals surface area contributed by atoms with Gasteiger partial charge in [-0.15, -0.1) is 0 Å². The van der Waals surface area contributed by atoms with Gasteiger partial charge in [0.15, 0.2) is 0 Å². The fraction of sp³-hybridized carbons (Fsp3) is 0.190. The van der Waals surface area contributed by atoms with Crippen LogP contribution in [-0.2, 0) is 9.53 Å². The molecular formula is C21H20N2O3. The summed E-state index contributed by atoms with van der Waals surface area (Å²) in [5.74, 6) is -0.326. The zero-order valence-corrected chi connectivity index (χ0v) is 14.5. The number of cyclic esters (lactones) is 1. The van der Waals surface area contributed by atoms with Crippen molar-refractivity contribution in [3.63, 3.8) is 0 Å². The van der Waals surface area contributed by atoms with Crippen molar-refractivity contribution in [3.8, 4) is 6.07 Å². The maximum atomic E-state index is 11.9. The second-order valence-corrected chi connectivity index (χ2v) is 5.50. The number of amides is 2. The summed E-state index contributed by atoms with van der Waals surface area (Å²) in [4.78, 5) is 24.7. The van der Waals surface area contributed by atoms with Gasteiger partial charge in [-0.2, -0.15) is 5.26 Å². The number of imide groups is 1. The SMILES string of the molecule is CC/C=C/C(=O)N1C(=O)OC[C@@H]1c1ccccc1.N#Cc1ccccc1. The fourth-order valence-electron chi connectivity index (χ4n) is 2.40. The summed E-state index contributed by atoms with van der Waals surface area (Å²) in [5, 5.41) is 8.29. The Bertz CT molecular complexity index is 795. The lowest BCUT2D eigenvalue weighted by atomic mass is 10.1. The summed E-state index contributed by atoms with van der Waals surface area (Å²) in [6, 6.07) is 20.3. The van der Waals surface area contributed by atoms with Crippen molar-refractivity contribution < 1.29 is 14.3 Å². The van der Waals surface area contributed by atoms with E-state index >= 15 is 0 Å². The van der Waals surface area contributed by atoms with Gasteiger partial charge in [0, 0.05) is 0 Å². The molecule has 132 valence electrons. The molecule has 3 rings (SSSR count). The normalized spacial score (nSPS) is 15.8. The summed E-state index contributed by atoms with van der Waals surface area (Å²) in [7, 11) is 0. The van der Waals surface area contributed by atoms with Crippen LogP contribution in [-0.4, -0.2) is 23.5 Å². The molecule has 5 heteroatoms. The van der Waals surface area contributed by atoms with Gasteiger partial charge in [0.1, 0.15) is 12.6 Å². The molecule has 1 heterocycles. The summed E-state index contributed by atoms with van der Waals surface area (Å²) < 4.78 is 4.97. The average Bonchev–Trinajstić information content (AvgIpc) is 3.09. The molecule has 0 saturated carbocycles. The van der Waals surface area contributed by atoms with Gasteiger partial charge in [-0.3, -0.25) is 4.79 Å². The third kappa shape index (κ3) is 5.05. The molecule has 1 aliphatic heterocycles. The highest BCUT2D eigenvalue weighted by molar-refractivity contribution is 5.99. The molecule has 0 unspecified atom stereocenters. The van der Waals surface area contributed by atoms with Gasteiger partial charge in [-0.05, 0) is 30.2 Å². The lowest BCUT2D eigenvalue weighted by Crippen LogP contribution is -2.32. The average molecular weight is 348 g/mol. The Labute approximate surface area is 153 Å². The summed E-state index contributed by atoms with van der Waals surface area (Å²) in [6.45, 7) is 2.15. The van der Waals surface area contributed by atoms with Crippen molar-refractivity contribution in [2.45, 2.75) is 19.4 Å². The molecule has 0 N–H and O–H groups in total. The van der Waals surface area contributed by atoms with Crippen LogP contribution in [0.1, 0.15) is 30.5 Å². The third-order valence-electron chi connectivity index (χ3n) is 3.69. The molecule has 2 amide bonds. The highest BCUT2D eigenvalue weighted by Crippen LogP contribution is 2.27. The highest BCUT2D eigenvalue weighted by Gasteiger charge is 2.37. The quantitative estimate of drug-likeness (QED) is 0.778. The number of allylic oxidation sites excluding steroid dienone is 1. The highest BCUT2D eigenvalue weighted by atomic mass is 16.6. The van der Waals surface area contributed by atoms with Gasteiger partial charge >= 0.3 is 6.09 Å². The largest absolute Gasteiger partial charge is 0.446 e. The first kappa shape index (κ1) is 18.9. The number of nitrogens with zero attached hydrogens (tertiary/aromatic N) is 2. The van der Waals surface area contributed by atoms with E-state index < -0.39 is 6.09 Å². The number of nitriles is 1.